The summed E-state index contributed by atoms with van der Waals surface area (Å²) in [7, 11) is 0. The number of aromatic nitrogens is 2. The molecular weight excluding hydrogens is 236 g/mol. The van der Waals surface area contributed by atoms with Crippen LogP contribution in [0.5, 0.6) is 0 Å². The molecule has 2 aromatic heterocycles. The van der Waals surface area contributed by atoms with Gasteiger partial charge in [-0.1, -0.05) is 36.4 Å². The summed E-state index contributed by atoms with van der Waals surface area (Å²) in [5, 5.41) is 10.0. The third kappa shape index (κ3) is 2.25. The minimum absolute atomic E-state index is 0.531. The van der Waals surface area contributed by atoms with Crippen LogP contribution in [-0.4, -0.2) is 14.5 Å². The minimum atomic E-state index is -0.531. The summed E-state index contributed by atoms with van der Waals surface area (Å²) in [6.07, 6.45) is 2.15. The van der Waals surface area contributed by atoms with Gasteiger partial charge in [0.2, 0.25) is 0 Å². The van der Waals surface area contributed by atoms with E-state index in [0.29, 0.717) is 0 Å². The first-order chi connectivity index (χ1) is 9.25. The Morgan fingerprint density at radius 3 is 2.58 bits per heavy atom. The minimum Gasteiger partial charge on any atom is -0.387 e. The molecule has 3 nitrogen and oxygen atoms in total. The van der Waals surface area contributed by atoms with Crippen LogP contribution in [0.3, 0.4) is 0 Å². The molecule has 0 saturated carbocycles. The lowest BCUT2D eigenvalue weighted by Crippen LogP contribution is -2.02. The first-order valence-electron chi connectivity index (χ1n) is 6.43. The van der Waals surface area contributed by atoms with Gasteiger partial charge in [0.1, 0.15) is 5.65 Å². The fraction of sp³-hybridized carbons (Fsp3) is 0.188. The highest BCUT2D eigenvalue weighted by atomic mass is 16.3. The Labute approximate surface area is 112 Å². The monoisotopic (exact) mass is 252 g/mol. The molecule has 0 radical (unpaired) electrons. The third-order valence-electron chi connectivity index (χ3n) is 3.25. The van der Waals surface area contributed by atoms with Gasteiger partial charge in [-0.15, -0.1) is 0 Å². The number of hydrogen-bond acceptors (Lipinski definition) is 2. The predicted molar refractivity (Wildman–Crippen MR) is 75.1 cm³/mol. The standard InChI is InChI=1S/C16H16N2O/c1-12(19)16-14(11-13-7-3-2-4-8-13)17-15-9-5-6-10-18(15)16/h2-10,12,19H,11H2,1H3. The molecule has 0 bridgehead atoms. The van der Waals surface area contributed by atoms with Gasteiger partial charge >= 0.3 is 0 Å². The van der Waals surface area contributed by atoms with E-state index in [1.807, 2.05) is 47.0 Å². The van der Waals surface area contributed by atoms with Crippen LogP contribution >= 0.6 is 0 Å². The smallest absolute Gasteiger partial charge is 0.137 e. The molecule has 0 fully saturated rings. The van der Waals surface area contributed by atoms with Crippen LogP contribution in [0.4, 0.5) is 0 Å². The average molecular weight is 252 g/mol. The van der Waals surface area contributed by atoms with Crippen LogP contribution in [0.2, 0.25) is 0 Å². The van der Waals surface area contributed by atoms with Gasteiger partial charge in [-0.25, -0.2) is 4.98 Å². The van der Waals surface area contributed by atoms with E-state index >= 15 is 0 Å². The maximum atomic E-state index is 10.0. The molecule has 0 aliphatic rings. The summed E-state index contributed by atoms with van der Waals surface area (Å²) < 4.78 is 1.96. The van der Waals surface area contributed by atoms with Crippen molar-refractivity contribution < 1.29 is 5.11 Å². The summed E-state index contributed by atoms with van der Waals surface area (Å²) in [5.74, 6) is 0. The van der Waals surface area contributed by atoms with E-state index in [9.17, 15) is 5.11 Å². The van der Waals surface area contributed by atoms with Gasteiger partial charge in [0.05, 0.1) is 17.5 Å². The predicted octanol–water partition coefficient (Wildman–Crippen LogP) is 2.98. The molecule has 96 valence electrons. The van der Waals surface area contributed by atoms with E-state index in [4.69, 9.17) is 0 Å². The zero-order valence-corrected chi connectivity index (χ0v) is 10.8. The lowest BCUT2D eigenvalue weighted by molar-refractivity contribution is 0.192. The molecule has 0 saturated heterocycles. The van der Waals surface area contributed by atoms with Crippen molar-refractivity contribution >= 4 is 5.65 Å². The first kappa shape index (κ1) is 11.9. The molecule has 19 heavy (non-hydrogen) atoms. The second kappa shape index (κ2) is 4.86. The largest absolute Gasteiger partial charge is 0.387 e. The van der Waals surface area contributed by atoms with E-state index in [-0.39, 0.29) is 0 Å². The number of aliphatic hydroxyl groups is 1. The molecule has 0 aliphatic heterocycles. The maximum absolute atomic E-state index is 10.0. The van der Waals surface area contributed by atoms with Crippen molar-refractivity contribution in [2.24, 2.45) is 0 Å². The SMILES string of the molecule is CC(O)c1c(Cc2ccccc2)nc2ccccn12. The van der Waals surface area contributed by atoms with Crippen LogP contribution < -0.4 is 0 Å². The molecule has 3 aromatic rings. The van der Waals surface area contributed by atoms with Crippen molar-refractivity contribution in [2.45, 2.75) is 19.4 Å². The normalized spacial score (nSPS) is 12.7. The highest BCUT2D eigenvalue weighted by Crippen LogP contribution is 2.22. The van der Waals surface area contributed by atoms with Crippen molar-refractivity contribution in [2.75, 3.05) is 0 Å². The molecule has 1 atom stereocenters. The second-order valence-corrected chi connectivity index (χ2v) is 4.71. The van der Waals surface area contributed by atoms with Crippen LogP contribution in [0.15, 0.2) is 54.7 Å². The molecule has 0 spiro atoms. The molecule has 0 amide bonds. The average Bonchev–Trinajstić information content (AvgIpc) is 2.77. The van der Waals surface area contributed by atoms with Crippen LogP contribution in [0.1, 0.15) is 30.0 Å². The fourth-order valence-corrected chi connectivity index (χ4v) is 2.43. The number of nitrogens with zero attached hydrogens (tertiary/aromatic N) is 2. The van der Waals surface area contributed by atoms with E-state index in [0.717, 1.165) is 23.5 Å². The Balaban J connectivity index is 2.10. The number of hydrogen-bond donors (Lipinski definition) is 1. The van der Waals surface area contributed by atoms with Crippen molar-refractivity contribution in [3.8, 4) is 0 Å². The summed E-state index contributed by atoms with van der Waals surface area (Å²) >= 11 is 0. The summed E-state index contributed by atoms with van der Waals surface area (Å²) in [4.78, 5) is 4.63. The number of fused-ring (bicyclic) bond motifs is 1. The van der Waals surface area contributed by atoms with Crippen molar-refractivity contribution in [3.05, 3.63) is 71.7 Å². The van der Waals surface area contributed by atoms with Gasteiger partial charge < -0.3 is 9.51 Å². The summed E-state index contributed by atoms with van der Waals surface area (Å²) in [5.41, 5.74) is 3.89. The molecular formula is C16H16N2O. The number of aliphatic hydroxyl groups excluding tert-OH is 1. The molecule has 3 heteroatoms. The van der Waals surface area contributed by atoms with E-state index in [1.165, 1.54) is 5.56 Å². The highest BCUT2D eigenvalue weighted by Gasteiger charge is 2.16. The van der Waals surface area contributed by atoms with E-state index in [2.05, 4.69) is 17.1 Å². The van der Waals surface area contributed by atoms with Gasteiger partial charge in [0.15, 0.2) is 0 Å². The van der Waals surface area contributed by atoms with Crippen LogP contribution in [-0.2, 0) is 6.42 Å². The van der Waals surface area contributed by atoms with Crippen molar-refractivity contribution in [3.63, 3.8) is 0 Å². The lowest BCUT2D eigenvalue weighted by Gasteiger charge is -2.07. The number of benzene rings is 1. The van der Waals surface area contributed by atoms with Gasteiger partial charge in [-0.05, 0) is 24.6 Å². The number of imidazole rings is 1. The molecule has 0 aliphatic carbocycles. The molecule has 1 aromatic carbocycles. The topological polar surface area (TPSA) is 37.5 Å². The Morgan fingerprint density at radius 1 is 1.11 bits per heavy atom. The van der Waals surface area contributed by atoms with Gasteiger partial charge in [-0.2, -0.15) is 0 Å². The third-order valence-corrected chi connectivity index (χ3v) is 3.25. The highest BCUT2D eigenvalue weighted by molar-refractivity contribution is 5.44. The molecule has 1 unspecified atom stereocenters. The Morgan fingerprint density at radius 2 is 1.84 bits per heavy atom. The van der Waals surface area contributed by atoms with E-state index in [1.54, 1.807) is 6.92 Å². The first-order valence-corrected chi connectivity index (χ1v) is 6.43. The zero-order chi connectivity index (χ0) is 13.2. The Hall–Kier alpha value is -2.13. The number of rotatable bonds is 3. The Kier molecular flexibility index (Phi) is 3.05. The second-order valence-electron chi connectivity index (χ2n) is 4.71. The lowest BCUT2D eigenvalue weighted by atomic mass is 10.1. The van der Waals surface area contributed by atoms with Crippen molar-refractivity contribution in [1.29, 1.82) is 0 Å². The number of pyridine rings is 1. The summed E-state index contributed by atoms with van der Waals surface area (Å²) in [6, 6.07) is 16.1. The molecule has 3 rings (SSSR count). The van der Waals surface area contributed by atoms with Gasteiger partial charge in [0.25, 0.3) is 0 Å². The Bertz CT molecular complexity index is 686. The van der Waals surface area contributed by atoms with Crippen LogP contribution in [0.25, 0.3) is 5.65 Å². The van der Waals surface area contributed by atoms with Crippen molar-refractivity contribution in [1.82, 2.24) is 9.38 Å². The maximum Gasteiger partial charge on any atom is 0.137 e. The van der Waals surface area contributed by atoms with E-state index < -0.39 is 6.10 Å². The van der Waals surface area contributed by atoms with Crippen LogP contribution in [0, 0.1) is 0 Å². The molecule has 1 N–H and O–H groups in total. The zero-order valence-electron chi connectivity index (χ0n) is 10.8. The summed E-state index contributed by atoms with van der Waals surface area (Å²) in [6.45, 7) is 1.78. The van der Waals surface area contributed by atoms with Gasteiger partial charge in [0, 0.05) is 12.6 Å². The fourth-order valence-electron chi connectivity index (χ4n) is 2.43. The molecule has 2 heterocycles. The van der Waals surface area contributed by atoms with Gasteiger partial charge in [-0.3, -0.25) is 0 Å². The quantitative estimate of drug-likeness (QED) is 0.778.